The van der Waals surface area contributed by atoms with Crippen LogP contribution in [0.4, 0.5) is 11.5 Å². The molecule has 0 aliphatic carbocycles. The van der Waals surface area contributed by atoms with Gasteiger partial charge in [-0.3, -0.25) is 5.41 Å². The quantitative estimate of drug-likeness (QED) is 0.488. The topological polar surface area (TPSA) is 108 Å². The maximum atomic E-state index is 7.44. The number of nitrogens with two attached hydrogens (primary N) is 1. The summed E-state index contributed by atoms with van der Waals surface area (Å²) >= 11 is 0. The minimum absolute atomic E-state index is 0.144. The van der Waals surface area contributed by atoms with Crippen molar-refractivity contribution < 1.29 is 0 Å². The van der Waals surface area contributed by atoms with E-state index in [0.29, 0.717) is 18.6 Å². The Morgan fingerprint density at radius 2 is 2.00 bits per heavy atom. The van der Waals surface area contributed by atoms with Crippen LogP contribution in [-0.2, 0) is 0 Å². The van der Waals surface area contributed by atoms with Gasteiger partial charge in [0.1, 0.15) is 11.8 Å². The van der Waals surface area contributed by atoms with E-state index in [2.05, 4.69) is 19.9 Å². The molecule has 3 aromatic rings. The van der Waals surface area contributed by atoms with Crippen LogP contribution in [0, 0.1) is 5.41 Å². The van der Waals surface area contributed by atoms with E-state index in [9.17, 15) is 0 Å². The first-order valence-corrected chi connectivity index (χ1v) is 6.55. The molecule has 0 bridgehead atoms. The van der Waals surface area contributed by atoms with Gasteiger partial charge in [0.05, 0.1) is 12.2 Å². The van der Waals surface area contributed by atoms with Crippen LogP contribution in [-0.4, -0.2) is 32.3 Å². The van der Waals surface area contributed by atoms with Gasteiger partial charge in [-0.2, -0.15) is 0 Å². The number of imidazole rings is 1. The van der Waals surface area contributed by atoms with E-state index in [-0.39, 0.29) is 5.84 Å². The smallest absolute Gasteiger partial charge is 0.182 e. The average Bonchev–Trinajstić information content (AvgIpc) is 2.97. The predicted octanol–water partition coefficient (Wildman–Crippen LogP) is 1.82. The van der Waals surface area contributed by atoms with Crippen molar-refractivity contribution in [3.05, 3.63) is 43.0 Å². The number of hydrogen-bond acceptors (Lipinski definition) is 5. The van der Waals surface area contributed by atoms with Crippen molar-refractivity contribution >= 4 is 28.5 Å². The largest absolute Gasteiger partial charge is 0.388 e. The summed E-state index contributed by atoms with van der Waals surface area (Å²) < 4.78 is 0. The number of nitrogens with one attached hydrogen (secondary N) is 2. The number of benzene rings is 1. The lowest BCUT2D eigenvalue weighted by molar-refractivity contribution is 0.931. The Hall–Kier alpha value is -2.96. The fourth-order valence-electron chi connectivity index (χ4n) is 2.15. The van der Waals surface area contributed by atoms with Gasteiger partial charge in [0.25, 0.3) is 0 Å². The third-order valence-corrected chi connectivity index (χ3v) is 3.13. The number of H-pyrrole nitrogens is 1. The number of aromatic amines is 1. The fraction of sp³-hybridized carbons (Fsp3) is 0.143. The normalized spacial score (nSPS) is 10.7. The van der Waals surface area contributed by atoms with E-state index in [1.165, 1.54) is 6.33 Å². The van der Waals surface area contributed by atoms with Crippen molar-refractivity contribution in [1.82, 2.24) is 19.9 Å². The highest BCUT2D eigenvalue weighted by Crippen LogP contribution is 2.27. The van der Waals surface area contributed by atoms with E-state index in [0.717, 1.165) is 17.0 Å². The number of aromatic nitrogens is 4. The summed E-state index contributed by atoms with van der Waals surface area (Å²) in [7, 11) is 0. The Bertz CT molecular complexity index is 750. The highest BCUT2D eigenvalue weighted by Gasteiger charge is 2.15. The van der Waals surface area contributed by atoms with E-state index in [4.69, 9.17) is 11.1 Å². The van der Waals surface area contributed by atoms with E-state index in [1.807, 2.05) is 35.2 Å². The maximum absolute atomic E-state index is 7.44. The van der Waals surface area contributed by atoms with Gasteiger partial charge in [-0.25, -0.2) is 15.0 Å². The summed E-state index contributed by atoms with van der Waals surface area (Å²) in [6.45, 7) is 0.560. The molecule has 1 aromatic carbocycles. The minimum atomic E-state index is 0.144. The second kappa shape index (κ2) is 5.58. The van der Waals surface area contributed by atoms with Crippen LogP contribution in [0.25, 0.3) is 11.2 Å². The molecule has 0 spiro atoms. The lowest BCUT2D eigenvalue weighted by Gasteiger charge is -2.23. The first-order valence-electron chi connectivity index (χ1n) is 6.55. The number of anilines is 2. The summed E-state index contributed by atoms with van der Waals surface area (Å²) in [5, 5.41) is 7.44. The van der Waals surface area contributed by atoms with Crippen molar-refractivity contribution in [2.45, 2.75) is 6.42 Å². The molecule has 0 radical (unpaired) electrons. The third-order valence-electron chi connectivity index (χ3n) is 3.13. The average molecular weight is 281 g/mol. The van der Waals surface area contributed by atoms with E-state index in [1.54, 1.807) is 6.33 Å². The molecule has 0 amide bonds. The molecule has 3 rings (SSSR count). The molecule has 0 aliphatic heterocycles. The molecule has 0 unspecified atom stereocenters. The predicted molar refractivity (Wildman–Crippen MR) is 81.7 cm³/mol. The first kappa shape index (κ1) is 13.0. The molecular weight excluding hydrogens is 266 g/mol. The zero-order chi connectivity index (χ0) is 14.7. The summed E-state index contributed by atoms with van der Waals surface area (Å²) in [6.07, 6.45) is 3.54. The molecule has 0 saturated heterocycles. The molecule has 106 valence electrons. The number of nitrogens with zero attached hydrogens (tertiary/aromatic N) is 4. The van der Waals surface area contributed by atoms with Crippen LogP contribution in [0.5, 0.6) is 0 Å². The Balaban J connectivity index is 2.06. The monoisotopic (exact) mass is 281 g/mol. The van der Waals surface area contributed by atoms with Crippen LogP contribution in [0.1, 0.15) is 6.42 Å². The molecule has 2 aromatic heterocycles. The summed E-state index contributed by atoms with van der Waals surface area (Å²) in [5.41, 5.74) is 7.86. The summed E-state index contributed by atoms with van der Waals surface area (Å²) in [5.74, 6) is 0.871. The van der Waals surface area contributed by atoms with Crippen LogP contribution in [0.15, 0.2) is 43.0 Å². The van der Waals surface area contributed by atoms with Crippen LogP contribution >= 0.6 is 0 Å². The van der Waals surface area contributed by atoms with Gasteiger partial charge in [0.15, 0.2) is 11.5 Å². The summed E-state index contributed by atoms with van der Waals surface area (Å²) in [6, 6.07) is 9.86. The van der Waals surface area contributed by atoms with Crippen molar-refractivity contribution in [3.63, 3.8) is 0 Å². The molecule has 7 nitrogen and oxygen atoms in total. The van der Waals surface area contributed by atoms with Gasteiger partial charge >= 0.3 is 0 Å². The Morgan fingerprint density at radius 3 is 2.76 bits per heavy atom. The third kappa shape index (κ3) is 2.66. The van der Waals surface area contributed by atoms with Crippen molar-refractivity contribution in [2.24, 2.45) is 5.73 Å². The molecule has 0 atom stereocenters. The molecule has 0 aliphatic rings. The fourth-order valence-corrected chi connectivity index (χ4v) is 2.15. The first-order chi connectivity index (χ1) is 10.3. The van der Waals surface area contributed by atoms with Crippen molar-refractivity contribution in [3.8, 4) is 0 Å². The van der Waals surface area contributed by atoms with Gasteiger partial charge in [-0.05, 0) is 12.1 Å². The number of amidine groups is 1. The number of rotatable bonds is 5. The van der Waals surface area contributed by atoms with Gasteiger partial charge in [0.2, 0.25) is 0 Å². The summed E-state index contributed by atoms with van der Waals surface area (Å²) in [4.78, 5) is 17.7. The SMILES string of the molecule is N=C(N)CCN(c1ccccc1)c1ncnc2nc[nH]c12. The number of para-hydroxylation sites is 1. The van der Waals surface area contributed by atoms with Crippen molar-refractivity contribution in [1.29, 1.82) is 5.41 Å². The Kier molecular flexibility index (Phi) is 3.46. The molecule has 0 saturated carbocycles. The second-order valence-electron chi connectivity index (χ2n) is 4.56. The molecule has 4 N–H and O–H groups in total. The van der Waals surface area contributed by atoms with Gasteiger partial charge in [0, 0.05) is 18.7 Å². The lowest BCUT2D eigenvalue weighted by atomic mass is 10.2. The van der Waals surface area contributed by atoms with Crippen LogP contribution < -0.4 is 10.6 Å². The molecule has 21 heavy (non-hydrogen) atoms. The van der Waals surface area contributed by atoms with Crippen molar-refractivity contribution in [2.75, 3.05) is 11.4 Å². The number of fused-ring (bicyclic) bond motifs is 1. The molecule has 7 heteroatoms. The maximum Gasteiger partial charge on any atom is 0.182 e. The molecular formula is C14H15N7. The standard InChI is InChI=1S/C14H15N7/c15-11(16)6-7-21(10-4-2-1-3-5-10)14-12-13(18-8-17-12)19-9-20-14/h1-5,8-9H,6-7H2,(H3,15,16)(H,17,18,19,20). The molecule has 2 heterocycles. The number of hydrogen-bond donors (Lipinski definition) is 3. The Labute approximate surface area is 121 Å². The van der Waals surface area contributed by atoms with Gasteiger partial charge in [-0.1, -0.05) is 18.2 Å². The van der Waals surface area contributed by atoms with Gasteiger partial charge in [-0.15, -0.1) is 0 Å². The van der Waals surface area contributed by atoms with Gasteiger partial charge < -0.3 is 15.6 Å². The highest BCUT2D eigenvalue weighted by atomic mass is 15.2. The highest BCUT2D eigenvalue weighted by molar-refractivity contribution is 5.86. The van der Waals surface area contributed by atoms with Crippen LogP contribution in [0.2, 0.25) is 0 Å². The minimum Gasteiger partial charge on any atom is -0.388 e. The molecule has 0 fully saturated rings. The zero-order valence-electron chi connectivity index (χ0n) is 11.3. The zero-order valence-corrected chi connectivity index (χ0v) is 11.3. The van der Waals surface area contributed by atoms with Crippen LogP contribution in [0.3, 0.4) is 0 Å². The Morgan fingerprint density at radius 1 is 1.19 bits per heavy atom. The van der Waals surface area contributed by atoms with E-state index >= 15 is 0 Å². The lowest BCUT2D eigenvalue weighted by Crippen LogP contribution is -2.24. The second-order valence-corrected chi connectivity index (χ2v) is 4.56. The van der Waals surface area contributed by atoms with E-state index < -0.39 is 0 Å².